The van der Waals surface area contributed by atoms with E-state index >= 15 is 0 Å². The molecule has 0 aromatic heterocycles. The summed E-state index contributed by atoms with van der Waals surface area (Å²) in [5.41, 5.74) is 7.86. The van der Waals surface area contributed by atoms with Crippen LogP contribution in [-0.2, 0) is 9.53 Å². The first-order chi connectivity index (χ1) is 9.97. The van der Waals surface area contributed by atoms with E-state index in [0.29, 0.717) is 37.5 Å². The Kier molecular flexibility index (Phi) is 4.80. The molecule has 0 spiro atoms. The Morgan fingerprint density at radius 2 is 2.24 bits per heavy atom. The number of nitrogens with zero attached hydrogens (tertiary/aromatic N) is 1. The highest BCUT2D eigenvalue weighted by molar-refractivity contribution is 5.96. The zero-order valence-corrected chi connectivity index (χ0v) is 12.4. The number of hydrogen-bond acceptors (Lipinski definition) is 4. The fraction of sp³-hybridized carbons (Fsp3) is 0.467. The number of amides is 2. The average molecular weight is 291 g/mol. The average Bonchev–Trinajstić information content (AvgIpc) is 2.47. The third-order valence-electron chi connectivity index (χ3n) is 3.50. The first-order valence-corrected chi connectivity index (χ1v) is 6.99. The second kappa shape index (κ2) is 6.58. The van der Waals surface area contributed by atoms with Gasteiger partial charge in [-0.15, -0.1) is 0 Å². The lowest BCUT2D eigenvalue weighted by Gasteiger charge is -2.33. The molecule has 114 valence electrons. The number of anilines is 1. The number of ether oxygens (including phenoxy) is 1. The normalized spacial score (nSPS) is 18.4. The molecule has 21 heavy (non-hydrogen) atoms. The molecule has 0 saturated carbocycles. The number of carbonyl (C=O) groups is 2. The number of rotatable bonds is 3. The van der Waals surface area contributed by atoms with Gasteiger partial charge in [0, 0.05) is 37.8 Å². The predicted octanol–water partition coefficient (Wildman–Crippen LogP) is 0.554. The lowest BCUT2D eigenvalue weighted by molar-refractivity contribution is -0.120. The van der Waals surface area contributed by atoms with Gasteiger partial charge in [0.2, 0.25) is 5.91 Å². The van der Waals surface area contributed by atoms with E-state index in [9.17, 15) is 9.59 Å². The van der Waals surface area contributed by atoms with Crippen LogP contribution in [-0.4, -0.2) is 49.1 Å². The lowest BCUT2D eigenvalue weighted by atomic mass is 10.1. The van der Waals surface area contributed by atoms with Gasteiger partial charge in [-0.3, -0.25) is 9.59 Å². The number of carbonyl (C=O) groups excluding carboxylic acids is 2. The van der Waals surface area contributed by atoms with Crippen molar-refractivity contribution in [2.24, 2.45) is 0 Å². The SMILES string of the molecule is CC(=O)NCC1CN(C(=O)c2cc(N)ccc2C)CCO1. The third-order valence-corrected chi connectivity index (χ3v) is 3.50. The van der Waals surface area contributed by atoms with Crippen molar-refractivity contribution in [1.29, 1.82) is 0 Å². The van der Waals surface area contributed by atoms with Crippen LogP contribution in [0.5, 0.6) is 0 Å². The maximum atomic E-state index is 12.6. The molecule has 1 atom stereocenters. The summed E-state index contributed by atoms with van der Waals surface area (Å²) in [5.74, 6) is -0.148. The second-order valence-electron chi connectivity index (χ2n) is 5.26. The van der Waals surface area contributed by atoms with Crippen LogP contribution in [0.15, 0.2) is 18.2 Å². The van der Waals surface area contributed by atoms with Crippen LogP contribution in [0.25, 0.3) is 0 Å². The standard InChI is InChI=1S/C15H21N3O3/c1-10-3-4-12(16)7-14(10)15(20)18-5-6-21-13(9-18)8-17-11(2)19/h3-4,7,13H,5-6,8-9,16H2,1-2H3,(H,17,19). The van der Waals surface area contributed by atoms with Crippen molar-refractivity contribution in [3.8, 4) is 0 Å². The van der Waals surface area contributed by atoms with Crippen LogP contribution in [0.4, 0.5) is 5.69 Å². The van der Waals surface area contributed by atoms with Gasteiger partial charge in [0.15, 0.2) is 0 Å². The summed E-state index contributed by atoms with van der Waals surface area (Å²) >= 11 is 0. The molecule has 1 heterocycles. The number of hydrogen-bond donors (Lipinski definition) is 2. The Balaban J connectivity index is 2.05. The number of nitrogens with one attached hydrogen (secondary N) is 1. The van der Waals surface area contributed by atoms with Crippen LogP contribution in [0.2, 0.25) is 0 Å². The Morgan fingerprint density at radius 3 is 2.95 bits per heavy atom. The number of benzene rings is 1. The van der Waals surface area contributed by atoms with E-state index < -0.39 is 0 Å². The van der Waals surface area contributed by atoms with Crippen molar-refractivity contribution >= 4 is 17.5 Å². The maximum Gasteiger partial charge on any atom is 0.254 e. The topological polar surface area (TPSA) is 84.7 Å². The van der Waals surface area contributed by atoms with Crippen molar-refractivity contribution in [3.05, 3.63) is 29.3 Å². The van der Waals surface area contributed by atoms with Crippen molar-refractivity contribution < 1.29 is 14.3 Å². The van der Waals surface area contributed by atoms with Gasteiger partial charge in [-0.25, -0.2) is 0 Å². The monoisotopic (exact) mass is 291 g/mol. The molecular formula is C15H21N3O3. The summed E-state index contributed by atoms with van der Waals surface area (Å²) in [7, 11) is 0. The number of morpholine rings is 1. The molecule has 1 fully saturated rings. The first-order valence-electron chi connectivity index (χ1n) is 6.99. The lowest BCUT2D eigenvalue weighted by Crippen LogP contribution is -2.49. The molecule has 1 aliphatic heterocycles. The zero-order chi connectivity index (χ0) is 15.4. The smallest absolute Gasteiger partial charge is 0.254 e. The molecule has 0 radical (unpaired) electrons. The Morgan fingerprint density at radius 1 is 1.48 bits per heavy atom. The Labute approximate surface area is 124 Å². The van der Waals surface area contributed by atoms with Gasteiger partial charge < -0.3 is 20.7 Å². The van der Waals surface area contributed by atoms with Gasteiger partial charge in [-0.1, -0.05) is 6.07 Å². The van der Waals surface area contributed by atoms with E-state index in [1.807, 2.05) is 13.0 Å². The first kappa shape index (κ1) is 15.3. The fourth-order valence-electron chi connectivity index (χ4n) is 2.33. The largest absolute Gasteiger partial charge is 0.399 e. The molecule has 2 rings (SSSR count). The van der Waals surface area contributed by atoms with E-state index in [1.165, 1.54) is 6.92 Å². The molecule has 1 aliphatic rings. The van der Waals surface area contributed by atoms with Crippen molar-refractivity contribution in [3.63, 3.8) is 0 Å². The molecule has 1 aromatic rings. The summed E-state index contributed by atoms with van der Waals surface area (Å²) in [6, 6.07) is 5.33. The highest BCUT2D eigenvalue weighted by Gasteiger charge is 2.26. The summed E-state index contributed by atoms with van der Waals surface area (Å²) in [6.45, 7) is 5.24. The van der Waals surface area contributed by atoms with E-state index in [1.54, 1.807) is 17.0 Å². The van der Waals surface area contributed by atoms with Gasteiger partial charge in [0.05, 0.1) is 12.7 Å². The van der Waals surface area contributed by atoms with Crippen LogP contribution >= 0.6 is 0 Å². The van der Waals surface area contributed by atoms with E-state index in [-0.39, 0.29) is 17.9 Å². The summed E-state index contributed by atoms with van der Waals surface area (Å²) in [4.78, 5) is 25.3. The molecule has 3 N–H and O–H groups in total. The minimum atomic E-state index is -0.173. The highest BCUT2D eigenvalue weighted by atomic mass is 16.5. The fourth-order valence-corrected chi connectivity index (χ4v) is 2.33. The van der Waals surface area contributed by atoms with Crippen molar-refractivity contribution in [2.45, 2.75) is 20.0 Å². The van der Waals surface area contributed by atoms with Crippen molar-refractivity contribution in [1.82, 2.24) is 10.2 Å². The van der Waals surface area contributed by atoms with E-state index in [0.717, 1.165) is 5.56 Å². The zero-order valence-electron chi connectivity index (χ0n) is 12.4. The molecule has 1 unspecified atom stereocenters. The summed E-state index contributed by atoms with van der Waals surface area (Å²) < 4.78 is 5.57. The number of nitrogen functional groups attached to an aromatic ring is 1. The van der Waals surface area contributed by atoms with E-state index in [4.69, 9.17) is 10.5 Å². The third kappa shape index (κ3) is 3.95. The van der Waals surface area contributed by atoms with Crippen LogP contribution in [0, 0.1) is 6.92 Å². The van der Waals surface area contributed by atoms with Crippen LogP contribution < -0.4 is 11.1 Å². The molecule has 6 nitrogen and oxygen atoms in total. The molecule has 1 aromatic carbocycles. The quantitative estimate of drug-likeness (QED) is 0.797. The Bertz CT molecular complexity index is 545. The van der Waals surface area contributed by atoms with Crippen molar-refractivity contribution in [2.75, 3.05) is 32.0 Å². The predicted molar refractivity (Wildman–Crippen MR) is 79.9 cm³/mol. The highest BCUT2D eigenvalue weighted by Crippen LogP contribution is 2.17. The minimum Gasteiger partial charge on any atom is -0.399 e. The summed E-state index contributed by atoms with van der Waals surface area (Å²) in [6.07, 6.45) is -0.173. The van der Waals surface area contributed by atoms with E-state index in [2.05, 4.69) is 5.32 Å². The Hall–Kier alpha value is -2.08. The molecular weight excluding hydrogens is 270 g/mol. The minimum absolute atomic E-state index is 0.0454. The van der Waals surface area contributed by atoms with Gasteiger partial charge in [-0.2, -0.15) is 0 Å². The number of nitrogens with two attached hydrogens (primary N) is 1. The molecule has 2 amide bonds. The van der Waals surface area contributed by atoms with Gasteiger partial charge in [0.25, 0.3) is 5.91 Å². The molecule has 0 aliphatic carbocycles. The maximum absolute atomic E-state index is 12.6. The second-order valence-corrected chi connectivity index (χ2v) is 5.26. The summed E-state index contributed by atoms with van der Waals surface area (Å²) in [5, 5.41) is 2.71. The van der Waals surface area contributed by atoms with Gasteiger partial charge in [-0.05, 0) is 24.6 Å². The van der Waals surface area contributed by atoms with Gasteiger partial charge in [0.1, 0.15) is 0 Å². The number of aryl methyl sites for hydroxylation is 1. The van der Waals surface area contributed by atoms with Crippen LogP contribution in [0.1, 0.15) is 22.8 Å². The molecule has 6 heteroatoms. The molecule has 1 saturated heterocycles. The molecule has 0 bridgehead atoms. The van der Waals surface area contributed by atoms with Crippen LogP contribution in [0.3, 0.4) is 0 Å². The van der Waals surface area contributed by atoms with Gasteiger partial charge >= 0.3 is 0 Å².